The summed E-state index contributed by atoms with van der Waals surface area (Å²) in [5, 5.41) is 21.4. The van der Waals surface area contributed by atoms with E-state index < -0.39 is 22.6 Å². The lowest BCUT2D eigenvalue weighted by atomic mass is 9.58. The summed E-state index contributed by atoms with van der Waals surface area (Å²) in [7, 11) is 0. The second-order valence-corrected chi connectivity index (χ2v) is 9.27. The summed E-state index contributed by atoms with van der Waals surface area (Å²) in [6.45, 7) is 11.6. The molecule has 7 nitrogen and oxygen atoms in total. The summed E-state index contributed by atoms with van der Waals surface area (Å²) in [6.07, 6.45) is 3.85. The van der Waals surface area contributed by atoms with Crippen LogP contribution in [0.5, 0.6) is 0 Å². The highest BCUT2D eigenvalue weighted by atomic mass is 35.5. The molecule has 2 aromatic rings. The van der Waals surface area contributed by atoms with Crippen LogP contribution in [0.2, 0.25) is 5.02 Å². The van der Waals surface area contributed by atoms with E-state index in [9.17, 15) is 9.90 Å². The molecule has 1 saturated heterocycles. The van der Waals surface area contributed by atoms with Crippen LogP contribution in [0.1, 0.15) is 34.1 Å². The number of nitrogens with zero attached hydrogens (tertiary/aromatic N) is 3. The highest BCUT2D eigenvalue weighted by Gasteiger charge is 2.65. The van der Waals surface area contributed by atoms with Crippen LogP contribution in [0.25, 0.3) is 16.7 Å². The van der Waals surface area contributed by atoms with Crippen molar-refractivity contribution < 1.29 is 19.4 Å². The van der Waals surface area contributed by atoms with Gasteiger partial charge in [-0.1, -0.05) is 39.0 Å². The Hall–Kier alpha value is -2.48. The van der Waals surface area contributed by atoms with E-state index in [4.69, 9.17) is 21.1 Å². The highest BCUT2D eigenvalue weighted by Crippen LogP contribution is 2.60. The second kappa shape index (κ2) is 6.77. The number of halogens is 1. The zero-order chi connectivity index (χ0) is 21.9. The monoisotopic (exact) mass is 429 g/mol. The molecule has 158 valence electrons. The number of hydrogen-bond acceptors (Lipinski definition) is 6. The summed E-state index contributed by atoms with van der Waals surface area (Å²) in [4.78, 5) is 13.5. The van der Waals surface area contributed by atoms with Gasteiger partial charge < -0.3 is 14.6 Å². The van der Waals surface area contributed by atoms with Crippen molar-refractivity contribution in [1.82, 2.24) is 15.0 Å². The Morgan fingerprint density at radius 3 is 2.70 bits per heavy atom. The van der Waals surface area contributed by atoms with E-state index in [1.807, 2.05) is 20.8 Å². The summed E-state index contributed by atoms with van der Waals surface area (Å²) in [5.41, 5.74) is 0.423. The number of aliphatic hydroxyl groups is 1. The van der Waals surface area contributed by atoms with Crippen LogP contribution >= 0.6 is 11.6 Å². The molecule has 8 heteroatoms. The first-order valence-corrected chi connectivity index (χ1v) is 10.1. The van der Waals surface area contributed by atoms with E-state index in [0.29, 0.717) is 34.8 Å². The van der Waals surface area contributed by atoms with Crippen LogP contribution in [-0.2, 0) is 14.3 Å². The van der Waals surface area contributed by atoms with Crippen LogP contribution in [-0.4, -0.2) is 38.5 Å². The second-order valence-electron chi connectivity index (χ2n) is 8.83. The molecule has 1 aliphatic heterocycles. The molecular formula is C22H24ClN3O4. The number of hydrogen-bond donors (Lipinski definition) is 1. The number of carbonyl (C=O) groups excluding carboxylic acids is 1. The lowest BCUT2D eigenvalue weighted by Gasteiger charge is -2.49. The third-order valence-electron chi connectivity index (χ3n) is 5.88. The van der Waals surface area contributed by atoms with Gasteiger partial charge in [-0.2, -0.15) is 0 Å². The van der Waals surface area contributed by atoms with Gasteiger partial charge in [0.15, 0.2) is 0 Å². The lowest BCUT2D eigenvalue weighted by Crippen LogP contribution is -2.55. The third kappa shape index (κ3) is 3.00. The molecule has 0 bridgehead atoms. The van der Waals surface area contributed by atoms with Gasteiger partial charge in [0.2, 0.25) is 5.79 Å². The molecule has 1 aliphatic carbocycles. The van der Waals surface area contributed by atoms with Gasteiger partial charge in [0, 0.05) is 16.7 Å². The van der Waals surface area contributed by atoms with Crippen LogP contribution in [0.15, 0.2) is 48.3 Å². The average molecular weight is 430 g/mol. The van der Waals surface area contributed by atoms with Crippen molar-refractivity contribution in [2.75, 3.05) is 6.61 Å². The van der Waals surface area contributed by atoms with Crippen molar-refractivity contribution in [3.8, 4) is 0 Å². The van der Waals surface area contributed by atoms with Gasteiger partial charge in [0.05, 0.1) is 12.0 Å². The number of aromatic nitrogens is 3. The molecule has 2 heterocycles. The Bertz CT molecular complexity index is 1130. The molecule has 0 amide bonds. The smallest absolute Gasteiger partial charge is 0.338 e. The van der Waals surface area contributed by atoms with Gasteiger partial charge in [0.1, 0.15) is 22.5 Å². The number of esters is 1. The fourth-order valence-corrected chi connectivity index (χ4v) is 4.36. The zero-order valence-electron chi connectivity index (χ0n) is 17.4. The molecule has 2 atom stereocenters. The number of ether oxygens (including phenoxy) is 2. The molecule has 1 aromatic heterocycles. The third-order valence-corrected chi connectivity index (χ3v) is 6.12. The number of rotatable bonds is 3. The van der Waals surface area contributed by atoms with Gasteiger partial charge in [-0.05, 0) is 43.0 Å². The fraction of sp³-hybridized carbons (Fsp3) is 0.409. The predicted octanol–water partition coefficient (Wildman–Crippen LogP) is 4.08. The molecule has 1 fully saturated rings. The van der Waals surface area contributed by atoms with E-state index in [2.05, 4.69) is 16.8 Å². The van der Waals surface area contributed by atoms with Crippen molar-refractivity contribution in [2.24, 2.45) is 10.8 Å². The van der Waals surface area contributed by atoms with Crippen LogP contribution in [0.4, 0.5) is 0 Å². The van der Waals surface area contributed by atoms with E-state index >= 15 is 0 Å². The molecule has 0 radical (unpaired) electrons. The van der Waals surface area contributed by atoms with Crippen molar-refractivity contribution in [3.63, 3.8) is 0 Å². The van der Waals surface area contributed by atoms with Crippen LogP contribution in [0.3, 0.4) is 0 Å². The summed E-state index contributed by atoms with van der Waals surface area (Å²) in [6, 6.07) is 5.16. The topological polar surface area (TPSA) is 86.5 Å². The van der Waals surface area contributed by atoms with Crippen LogP contribution in [0, 0.1) is 10.8 Å². The number of carbonyl (C=O) groups is 1. The molecule has 4 rings (SSSR count). The van der Waals surface area contributed by atoms with E-state index in [1.165, 1.54) is 10.9 Å². The van der Waals surface area contributed by atoms with Gasteiger partial charge in [0.25, 0.3) is 0 Å². The Morgan fingerprint density at radius 2 is 2.03 bits per heavy atom. The molecule has 2 unspecified atom stereocenters. The molecule has 2 aliphatic rings. The van der Waals surface area contributed by atoms with Crippen molar-refractivity contribution in [3.05, 3.63) is 53.3 Å². The summed E-state index contributed by atoms with van der Waals surface area (Å²) < 4.78 is 11.5. The van der Waals surface area contributed by atoms with Gasteiger partial charge in [-0.3, -0.25) is 0 Å². The van der Waals surface area contributed by atoms with E-state index in [-0.39, 0.29) is 11.3 Å². The van der Waals surface area contributed by atoms with Crippen molar-refractivity contribution in [1.29, 1.82) is 0 Å². The maximum absolute atomic E-state index is 12.2. The Balaban J connectivity index is 1.92. The Kier molecular flexibility index (Phi) is 4.69. The van der Waals surface area contributed by atoms with Gasteiger partial charge in [-0.15, -0.1) is 15.0 Å². The first-order chi connectivity index (χ1) is 14.0. The fourth-order valence-electron chi connectivity index (χ4n) is 4.19. The van der Waals surface area contributed by atoms with E-state index in [1.54, 1.807) is 31.2 Å². The van der Waals surface area contributed by atoms with Gasteiger partial charge in [-0.25, -0.2) is 4.79 Å². The first-order valence-electron chi connectivity index (χ1n) is 9.69. The normalized spacial score (nSPS) is 26.2. The molecule has 1 aromatic carbocycles. The Labute approximate surface area is 179 Å². The summed E-state index contributed by atoms with van der Waals surface area (Å²) >= 11 is 6.08. The van der Waals surface area contributed by atoms with Crippen molar-refractivity contribution in [2.45, 2.75) is 39.9 Å². The predicted molar refractivity (Wildman–Crippen MR) is 113 cm³/mol. The molecule has 0 spiro atoms. The maximum Gasteiger partial charge on any atom is 0.338 e. The molecule has 30 heavy (non-hydrogen) atoms. The Morgan fingerprint density at radius 1 is 1.33 bits per heavy atom. The number of fused-ring (bicyclic) bond motifs is 2. The van der Waals surface area contributed by atoms with E-state index in [0.717, 1.165) is 0 Å². The molecule has 1 N–H and O–H groups in total. The average Bonchev–Trinajstić information content (AvgIpc) is 3.21. The standard InChI is InChI=1S/C22H24ClN3O4/c1-13(2)19(27)30-15-11-18(26-24-16-7-6-14(23)10-17(16)25-26)22(28)21(12-15,8-9-29-22)20(3,4)5/h6-7,10-12,28H,1,8-9H2,2-5H3. The minimum atomic E-state index is -1.71. The summed E-state index contributed by atoms with van der Waals surface area (Å²) in [5.74, 6) is -1.96. The molecular weight excluding hydrogens is 406 g/mol. The highest BCUT2D eigenvalue weighted by molar-refractivity contribution is 6.31. The quantitative estimate of drug-likeness (QED) is 0.584. The minimum Gasteiger partial charge on any atom is -0.423 e. The van der Waals surface area contributed by atoms with Gasteiger partial charge >= 0.3 is 5.97 Å². The maximum atomic E-state index is 12.2. The number of allylic oxidation sites excluding steroid dienone is 1. The minimum absolute atomic E-state index is 0.272. The lowest BCUT2D eigenvalue weighted by molar-refractivity contribution is -0.198. The molecule has 0 saturated carbocycles. The number of benzene rings is 1. The zero-order valence-corrected chi connectivity index (χ0v) is 18.2. The SMILES string of the molecule is C=C(C)C(=O)OC1=CC2(C(C)(C)C)CCOC2(O)C(n2nc3ccc(Cl)cc3n2)=C1. The first kappa shape index (κ1) is 20.8. The van der Waals surface area contributed by atoms with Crippen molar-refractivity contribution >= 4 is 34.3 Å². The largest absolute Gasteiger partial charge is 0.423 e. The van der Waals surface area contributed by atoms with Crippen LogP contribution < -0.4 is 0 Å².